The first kappa shape index (κ1) is 49.6. The summed E-state index contributed by atoms with van der Waals surface area (Å²) in [5, 5.41) is 28.0. The maximum absolute atomic E-state index is 3.61. The van der Waals surface area contributed by atoms with E-state index >= 15 is 0 Å². The Balaban J connectivity index is 0.000000182. The molecule has 8 heteroatoms. The molecular formula is C66H64N8. The second-order valence-corrected chi connectivity index (χ2v) is 18.2. The van der Waals surface area contributed by atoms with Gasteiger partial charge in [-0.1, -0.05) is 121 Å². The van der Waals surface area contributed by atoms with E-state index < -0.39 is 0 Å². The molecule has 10 rings (SSSR count). The minimum atomic E-state index is 0.199. The second-order valence-electron chi connectivity index (χ2n) is 18.2. The number of hydrogen-bond donors (Lipinski definition) is 8. The summed E-state index contributed by atoms with van der Waals surface area (Å²) in [4.78, 5) is 0. The third kappa shape index (κ3) is 15.3. The summed E-state index contributed by atoms with van der Waals surface area (Å²) in [7, 11) is 0. The van der Waals surface area contributed by atoms with Gasteiger partial charge >= 0.3 is 0 Å². The van der Waals surface area contributed by atoms with E-state index in [9.17, 15) is 0 Å². The Hall–Kier alpha value is -9.40. The van der Waals surface area contributed by atoms with Gasteiger partial charge in [0.25, 0.3) is 0 Å². The molecule has 0 saturated heterocycles. The molecule has 74 heavy (non-hydrogen) atoms. The number of para-hydroxylation sites is 4. The van der Waals surface area contributed by atoms with E-state index in [2.05, 4.69) is 251 Å². The minimum Gasteiger partial charge on any atom is -0.381 e. The van der Waals surface area contributed by atoms with Gasteiger partial charge in [0.2, 0.25) is 0 Å². The zero-order chi connectivity index (χ0) is 50.6. The van der Waals surface area contributed by atoms with E-state index in [4.69, 9.17) is 0 Å². The molecule has 10 aromatic carbocycles. The summed E-state index contributed by atoms with van der Waals surface area (Å²) >= 11 is 0. The van der Waals surface area contributed by atoms with E-state index in [-0.39, 0.29) is 12.1 Å². The van der Waals surface area contributed by atoms with Crippen LogP contribution in [0.5, 0.6) is 0 Å². The van der Waals surface area contributed by atoms with Crippen LogP contribution in [0.1, 0.15) is 48.2 Å². The van der Waals surface area contributed by atoms with Crippen molar-refractivity contribution in [2.75, 3.05) is 42.5 Å². The molecule has 0 bridgehead atoms. The van der Waals surface area contributed by atoms with Crippen LogP contribution in [-0.4, -0.2) is 0 Å². The molecule has 2 atom stereocenters. The van der Waals surface area contributed by atoms with Crippen LogP contribution in [0.3, 0.4) is 0 Å². The number of rotatable bonds is 20. The fourth-order valence-electron chi connectivity index (χ4n) is 8.39. The number of hydrogen-bond acceptors (Lipinski definition) is 8. The molecule has 8 N–H and O–H groups in total. The van der Waals surface area contributed by atoms with Crippen LogP contribution in [0.15, 0.2) is 267 Å². The van der Waals surface area contributed by atoms with Crippen LogP contribution < -0.4 is 42.5 Å². The van der Waals surface area contributed by atoms with Gasteiger partial charge in [-0.15, -0.1) is 0 Å². The molecular weight excluding hydrogens is 905 g/mol. The maximum atomic E-state index is 3.61. The monoisotopic (exact) mass is 969 g/mol. The third-order valence-electron chi connectivity index (χ3n) is 12.5. The summed E-state index contributed by atoms with van der Waals surface area (Å²) < 4.78 is 0. The molecule has 8 nitrogen and oxygen atoms in total. The van der Waals surface area contributed by atoms with Gasteiger partial charge < -0.3 is 42.5 Å². The predicted molar refractivity (Wildman–Crippen MR) is 316 cm³/mol. The Labute approximate surface area is 437 Å². The SMILES string of the molecule is CC(Nc1ccc(Nc2ccccc2)cc1)c1ccc(C(C)Nc2ccc(Nc3ccccc3)cc2)cc1.c1ccc(Nc2ccc(NCc3cccc(CNc4ccc(Nc5ccccc5)cc4)c3)cc2)cc1. The van der Waals surface area contributed by atoms with E-state index in [1.807, 2.05) is 72.8 Å². The van der Waals surface area contributed by atoms with E-state index in [1.165, 1.54) is 22.3 Å². The average molecular weight is 969 g/mol. The van der Waals surface area contributed by atoms with Crippen molar-refractivity contribution in [3.8, 4) is 0 Å². The lowest BCUT2D eigenvalue weighted by Crippen LogP contribution is -2.09. The van der Waals surface area contributed by atoms with Crippen molar-refractivity contribution in [1.82, 2.24) is 0 Å². The maximum Gasteiger partial charge on any atom is 0.0485 e. The molecule has 0 amide bonds. The van der Waals surface area contributed by atoms with Crippen molar-refractivity contribution in [3.63, 3.8) is 0 Å². The fraction of sp³-hybridized carbons (Fsp3) is 0.0909. The molecule has 368 valence electrons. The first-order valence-electron chi connectivity index (χ1n) is 25.3. The van der Waals surface area contributed by atoms with Crippen molar-refractivity contribution in [1.29, 1.82) is 0 Å². The molecule has 10 aromatic rings. The highest BCUT2D eigenvalue weighted by Crippen LogP contribution is 2.27. The molecule has 0 aliphatic rings. The van der Waals surface area contributed by atoms with Gasteiger partial charge in [0.05, 0.1) is 0 Å². The lowest BCUT2D eigenvalue weighted by molar-refractivity contribution is 0.863. The van der Waals surface area contributed by atoms with Gasteiger partial charge in [0, 0.05) is 93.4 Å². The first-order valence-corrected chi connectivity index (χ1v) is 25.3. The van der Waals surface area contributed by atoms with Crippen LogP contribution in [0, 0.1) is 0 Å². The standard InChI is InChI=1S/C34H34N4.C32H30N4/c1-25(35-31-17-21-33(22-18-31)37-29-9-5-3-6-10-29)27-13-15-28(16-14-27)26(2)36-32-19-23-34(24-20-32)38-30-11-7-4-8-12-30;1-3-10-29(11-4-1)35-31-18-14-27(15-19-31)33-23-25-8-7-9-26(22-25)24-34-28-16-20-32(21-17-28)36-30-12-5-2-6-13-30/h3-26,35-38H,1-2H3;1-22,33-36H,23-24H2. The molecule has 0 radical (unpaired) electrons. The smallest absolute Gasteiger partial charge is 0.0485 e. The van der Waals surface area contributed by atoms with Crippen LogP contribution >= 0.6 is 0 Å². The molecule has 0 aliphatic heterocycles. The highest BCUT2D eigenvalue weighted by Gasteiger charge is 2.10. The largest absolute Gasteiger partial charge is 0.381 e. The lowest BCUT2D eigenvalue weighted by Gasteiger charge is -2.19. The van der Waals surface area contributed by atoms with E-state index in [0.717, 1.165) is 81.3 Å². The molecule has 0 heterocycles. The zero-order valence-corrected chi connectivity index (χ0v) is 42.0. The summed E-state index contributed by atoms with van der Waals surface area (Å²) in [5.41, 5.74) is 18.0. The topological polar surface area (TPSA) is 96.2 Å². The molecule has 0 aliphatic carbocycles. The highest BCUT2D eigenvalue weighted by atomic mass is 14.9. The summed E-state index contributed by atoms with van der Waals surface area (Å²) in [6.07, 6.45) is 0. The van der Waals surface area contributed by atoms with Gasteiger partial charge in [-0.2, -0.15) is 0 Å². The minimum absolute atomic E-state index is 0.199. The molecule has 0 aromatic heterocycles. The van der Waals surface area contributed by atoms with Crippen molar-refractivity contribution < 1.29 is 0 Å². The van der Waals surface area contributed by atoms with Crippen LogP contribution in [0.25, 0.3) is 0 Å². The van der Waals surface area contributed by atoms with Gasteiger partial charge in [-0.05, 0) is 182 Å². The van der Waals surface area contributed by atoms with Crippen LogP contribution in [0.4, 0.5) is 68.2 Å². The quantitative estimate of drug-likeness (QED) is 0.0383. The normalized spacial score (nSPS) is 11.4. The molecule has 0 fully saturated rings. The van der Waals surface area contributed by atoms with E-state index in [0.29, 0.717) is 0 Å². The Morgan fingerprint density at radius 1 is 0.243 bits per heavy atom. The molecule has 0 saturated carbocycles. The predicted octanol–water partition coefficient (Wildman–Crippen LogP) is 17.9. The molecule has 2 unspecified atom stereocenters. The summed E-state index contributed by atoms with van der Waals surface area (Å²) in [5.74, 6) is 0. The second kappa shape index (κ2) is 25.6. The molecule has 0 spiro atoms. The number of benzene rings is 10. The van der Waals surface area contributed by atoms with Gasteiger partial charge in [-0.3, -0.25) is 0 Å². The van der Waals surface area contributed by atoms with Gasteiger partial charge in [0.15, 0.2) is 0 Å². The highest BCUT2D eigenvalue weighted by molar-refractivity contribution is 5.66. The average Bonchev–Trinajstić information content (AvgIpc) is 3.45. The van der Waals surface area contributed by atoms with Crippen molar-refractivity contribution in [2.45, 2.75) is 39.0 Å². The third-order valence-corrected chi connectivity index (χ3v) is 12.5. The lowest BCUT2D eigenvalue weighted by atomic mass is 10.0. The van der Waals surface area contributed by atoms with Crippen LogP contribution in [0.2, 0.25) is 0 Å². The Morgan fingerprint density at radius 2 is 0.486 bits per heavy atom. The van der Waals surface area contributed by atoms with E-state index in [1.54, 1.807) is 0 Å². The summed E-state index contributed by atoms with van der Waals surface area (Å²) in [6.45, 7) is 5.94. The number of nitrogens with one attached hydrogen (secondary N) is 8. The Morgan fingerprint density at radius 3 is 0.770 bits per heavy atom. The zero-order valence-electron chi connectivity index (χ0n) is 42.0. The fourth-order valence-corrected chi connectivity index (χ4v) is 8.39. The Bertz CT molecular complexity index is 2970. The number of anilines is 12. The summed E-state index contributed by atoms with van der Waals surface area (Å²) in [6, 6.07) is 92.4. The van der Waals surface area contributed by atoms with Crippen molar-refractivity contribution in [3.05, 3.63) is 289 Å². The van der Waals surface area contributed by atoms with Crippen molar-refractivity contribution in [2.24, 2.45) is 0 Å². The van der Waals surface area contributed by atoms with Gasteiger partial charge in [0.1, 0.15) is 0 Å². The Kier molecular flexibility index (Phi) is 17.2. The van der Waals surface area contributed by atoms with Crippen LogP contribution in [-0.2, 0) is 13.1 Å². The van der Waals surface area contributed by atoms with Gasteiger partial charge in [-0.25, -0.2) is 0 Å². The first-order chi connectivity index (χ1) is 36.4. The van der Waals surface area contributed by atoms with Crippen molar-refractivity contribution >= 4 is 68.2 Å².